The molecule has 0 aromatic carbocycles. The van der Waals surface area contributed by atoms with Crippen LogP contribution in [0, 0.1) is 17.8 Å². The molecule has 0 spiro atoms. The number of nitrogens with one attached hydrogen (secondary N) is 2. The Labute approximate surface area is 146 Å². The summed E-state index contributed by atoms with van der Waals surface area (Å²) in [6.07, 6.45) is 6.93. The summed E-state index contributed by atoms with van der Waals surface area (Å²) in [5.41, 5.74) is 0. The molecule has 0 bridgehead atoms. The lowest BCUT2D eigenvalue weighted by atomic mass is 9.80. The zero-order chi connectivity index (χ0) is 16.9. The van der Waals surface area contributed by atoms with E-state index >= 15 is 0 Å². The van der Waals surface area contributed by atoms with Crippen molar-refractivity contribution in [3.8, 4) is 0 Å². The van der Waals surface area contributed by atoms with Crippen molar-refractivity contribution in [1.82, 2.24) is 15.5 Å². The van der Waals surface area contributed by atoms with Gasteiger partial charge in [-0.15, -0.1) is 0 Å². The largest absolute Gasteiger partial charge is 0.381 e. The van der Waals surface area contributed by atoms with Crippen molar-refractivity contribution in [3.05, 3.63) is 0 Å². The molecule has 1 aliphatic carbocycles. The zero-order valence-electron chi connectivity index (χ0n) is 15.4. The van der Waals surface area contributed by atoms with Gasteiger partial charge < -0.3 is 20.3 Å². The van der Waals surface area contributed by atoms with Crippen molar-refractivity contribution in [2.75, 3.05) is 32.8 Å². The molecule has 5 nitrogen and oxygen atoms in total. The van der Waals surface area contributed by atoms with E-state index in [2.05, 4.69) is 29.4 Å². The fourth-order valence-electron chi connectivity index (χ4n) is 4.63. The van der Waals surface area contributed by atoms with Crippen molar-refractivity contribution in [2.24, 2.45) is 17.8 Å². The number of carbonyl (C=O) groups is 1. The van der Waals surface area contributed by atoms with Crippen molar-refractivity contribution in [1.29, 1.82) is 0 Å². The molecule has 2 aliphatic heterocycles. The van der Waals surface area contributed by atoms with E-state index in [1.807, 2.05) is 0 Å². The van der Waals surface area contributed by atoms with Crippen LogP contribution >= 0.6 is 0 Å². The molecule has 0 aromatic heterocycles. The van der Waals surface area contributed by atoms with Crippen molar-refractivity contribution >= 4 is 6.03 Å². The van der Waals surface area contributed by atoms with Gasteiger partial charge in [0.1, 0.15) is 0 Å². The number of hydrogen-bond acceptors (Lipinski definition) is 3. The summed E-state index contributed by atoms with van der Waals surface area (Å²) in [4.78, 5) is 14.9. The molecule has 1 saturated carbocycles. The Hall–Kier alpha value is -0.810. The standard InChI is InChI=1S/C19H35N3O2/c1-14-3-4-18(15(2)11-14)21-19(23)20-17-5-8-22(9-6-17)12-16-7-10-24-13-16/h14-18H,3-13H2,1-2H3,(H2,20,21,23). The van der Waals surface area contributed by atoms with E-state index in [1.165, 1.54) is 19.3 Å². The van der Waals surface area contributed by atoms with Crippen molar-refractivity contribution in [2.45, 2.75) is 64.5 Å². The Morgan fingerprint density at radius 3 is 2.54 bits per heavy atom. The molecule has 24 heavy (non-hydrogen) atoms. The maximum Gasteiger partial charge on any atom is 0.315 e. The molecule has 5 heteroatoms. The SMILES string of the molecule is CC1CCC(NC(=O)NC2CCN(CC3CCOC3)CC2)C(C)C1. The minimum absolute atomic E-state index is 0.0454. The lowest BCUT2D eigenvalue weighted by Crippen LogP contribution is -2.52. The smallest absolute Gasteiger partial charge is 0.315 e. The van der Waals surface area contributed by atoms with Crippen LogP contribution in [0.25, 0.3) is 0 Å². The average molecular weight is 338 g/mol. The Morgan fingerprint density at radius 2 is 1.88 bits per heavy atom. The molecule has 2 heterocycles. The van der Waals surface area contributed by atoms with Gasteiger partial charge in [-0.3, -0.25) is 0 Å². The van der Waals surface area contributed by atoms with Crippen LogP contribution in [0.1, 0.15) is 52.4 Å². The second-order valence-electron chi connectivity index (χ2n) is 8.42. The van der Waals surface area contributed by atoms with E-state index in [-0.39, 0.29) is 6.03 Å². The molecular weight excluding hydrogens is 302 g/mol. The van der Waals surface area contributed by atoms with Crippen LogP contribution in [0.4, 0.5) is 4.79 Å². The van der Waals surface area contributed by atoms with Gasteiger partial charge in [-0.25, -0.2) is 4.79 Å². The molecule has 3 fully saturated rings. The lowest BCUT2D eigenvalue weighted by Gasteiger charge is -2.35. The maximum atomic E-state index is 12.3. The van der Waals surface area contributed by atoms with Crippen LogP contribution in [0.3, 0.4) is 0 Å². The number of rotatable bonds is 4. The van der Waals surface area contributed by atoms with Gasteiger partial charge in [0.05, 0.1) is 6.61 Å². The third kappa shape index (κ3) is 5.09. The van der Waals surface area contributed by atoms with E-state index in [1.54, 1.807) is 0 Å². The molecule has 3 aliphatic rings. The van der Waals surface area contributed by atoms with Crippen molar-refractivity contribution < 1.29 is 9.53 Å². The minimum Gasteiger partial charge on any atom is -0.381 e. The van der Waals surface area contributed by atoms with E-state index < -0.39 is 0 Å². The number of carbonyl (C=O) groups excluding carboxylic acids is 1. The minimum atomic E-state index is 0.0454. The topological polar surface area (TPSA) is 53.6 Å². The monoisotopic (exact) mass is 337 g/mol. The summed E-state index contributed by atoms with van der Waals surface area (Å²) in [6, 6.07) is 0.728. The Balaban J connectivity index is 1.34. The second kappa shape index (κ2) is 8.52. The summed E-state index contributed by atoms with van der Waals surface area (Å²) >= 11 is 0. The number of urea groups is 1. The fraction of sp³-hybridized carbons (Fsp3) is 0.947. The highest BCUT2D eigenvalue weighted by molar-refractivity contribution is 5.74. The van der Waals surface area contributed by atoms with Gasteiger partial charge in [0.15, 0.2) is 0 Å². The predicted molar refractivity (Wildman–Crippen MR) is 96.0 cm³/mol. The zero-order valence-corrected chi connectivity index (χ0v) is 15.4. The van der Waals surface area contributed by atoms with Crippen LogP contribution in [0.2, 0.25) is 0 Å². The van der Waals surface area contributed by atoms with Gasteiger partial charge in [-0.05, 0) is 56.3 Å². The predicted octanol–water partition coefficient (Wildman–Crippen LogP) is 2.61. The van der Waals surface area contributed by atoms with Gasteiger partial charge in [0.2, 0.25) is 0 Å². The number of nitrogens with zero attached hydrogens (tertiary/aromatic N) is 1. The van der Waals surface area contributed by atoms with Crippen LogP contribution < -0.4 is 10.6 Å². The van der Waals surface area contributed by atoms with Crippen LogP contribution in [0.5, 0.6) is 0 Å². The highest BCUT2D eigenvalue weighted by Gasteiger charge is 2.28. The van der Waals surface area contributed by atoms with E-state index in [0.717, 1.165) is 58.0 Å². The van der Waals surface area contributed by atoms with Gasteiger partial charge >= 0.3 is 6.03 Å². The van der Waals surface area contributed by atoms with Crippen LogP contribution in [-0.4, -0.2) is 55.9 Å². The summed E-state index contributed by atoms with van der Waals surface area (Å²) in [7, 11) is 0. The highest BCUT2D eigenvalue weighted by Crippen LogP contribution is 2.28. The second-order valence-corrected chi connectivity index (χ2v) is 8.42. The molecule has 4 unspecified atom stereocenters. The van der Waals surface area contributed by atoms with Gasteiger partial charge in [-0.1, -0.05) is 13.8 Å². The van der Waals surface area contributed by atoms with Gasteiger partial charge in [0, 0.05) is 38.3 Å². The molecular formula is C19H35N3O2. The molecule has 2 saturated heterocycles. The number of ether oxygens (including phenoxy) is 1. The Morgan fingerprint density at radius 1 is 1.08 bits per heavy atom. The van der Waals surface area contributed by atoms with E-state index in [9.17, 15) is 4.79 Å². The molecule has 138 valence electrons. The Bertz CT molecular complexity index is 403. The first kappa shape index (κ1) is 18.0. The normalized spacial score (nSPS) is 35.8. The number of amides is 2. The van der Waals surface area contributed by atoms with E-state index in [0.29, 0.717) is 23.9 Å². The maximum absolute atomic E-state index is 12.3. The number of piperidine rings is 1. The third-order valence-electron chi connectivity index (χ3n) is 6.21. The summed E-state index contributed by atoms with van der Waals surface area (Å²) in [5, 5.41) is 6.44. The molecule has 4 atom stereocenters. The average Bonchev–Trinajstić information content (AvgIpc) is 3.05. The lowest BCUT2D eigenvalue weighted by molar-refractivity contribution is 0.147. The molecule has 2 amide bonds. The quantitative estimate of drug-likeness (QED) is 0.829. The highest BCUT2D eigenvalue weighted by atomic mass is 16.5. The first-order valence-electron chi connectivity index (χ1n) is 9.97. The molecule has 0 aromatic rings. The number of hydrogen-bond donors (Lipinski definition) is 2. The van der Waals surface area contributed by atoms with Crippen LogP contribution in [0.15, 0.2) is 0 Å². The Kier molecular flexibility index (Phi) is 6.39. The fourth-order valence-corrected chi connectivity index (χ4v) is 4.63. The molecule has 0 radical (unpaired) electrons. The summed E-state index contributed by atoms with van der Waals surface area (Å²) < 4.78 is 5.47. The first-order valence-corrected chi connectivity index (χ1v) is 9.97. The van der Waals surface area contributed by atoms with Crippen LogP contribution in [-0.2, 0) is 4.74 Å². The van der Waals surface area contributed by atoms with E-state index in [4.69, 9.17) is 4.74 Å². The third-order valence-corrected chi connectivity index (χ3v) is 6.21. The number of likely N-dealkylation sites (tertiary alicyclic amines) is 1. The summed E-state index contributed by atoms with van der Waals surface area (Å²) in [5.74, 6) is 2.11. The van der Waals surface area contributed by atoms with Gasteiger partial charge in [0.25, 0.3) is 0 Å². The van der Waals surface area contributed by atoms with Crippen molar-refractivity contribution in [3.63, 3.8) is 0 Å². The first-order chi connectivity index (χ1) is 11.6. The summed E-state index contributed by atoms with van der Waals surface area (Å²) in [6.45, 7) is 9.80. The van der Waals surface area contributed by atoms with Gasteiger partial charge in [-0.2, -0.15) is 0 Å². The molecule has 2 N–H and O–H groups in total. The molecule has 3 rings (SSSR count).